The van der Waals surface area contributed by atoms with Crippen LogP contribution in [0.5, 0.6) is 0 Å². The van der Waals surface area contributed by atoms with Gasteiger partial charge in [-0.05, 0) is 11.4 Å². The van der Waals surface area contributed by atoms with Gasteiger partial charge in [0.05, 0.1) is 5.75 Å². The topological polar surface area (TPSA) is 86.7 Å². The highest BCUT2D eigenvalue weighted by molar-refractivity contribution is 7.89. The molecule has 0 radical (unpaired) electrons. The van der Waals surface area contributed by atoms with Crippen molar-refractivity contribution in [1.82, 2.24) is 9.62 Å². The number of sulfonamides is 1. The summed E-state index contributed by atoms with van der Waals surface area (Å²) in [6.07, 6.45) is 0. The standard InChI is InChI=1S/C12H16N2O4S2/c1-14(2)20(17,18)9-6-13-12(16)11-10(4-3-7-15)5-8-19-11/h5,8,15H,6-7,9H2,1-2H3,(H,13,16). The van der Waals surface area contributed by atoms with Gasteiger partial charge < -0.3 is 10.4 Å². The number of aliphatic hydroxyl groups excluding tert-OH is 1. The molecule has 8 heteroatoms. The Morgan fingerprint density at radius 2 is 2.20 bits per heavy atom. The number of carbonyl (C=O) groups is 1. The van der Waals surface area contributed by atoms with Crippen molar-refractivity contribution >= 4 is 27.3 Å². The molecule has 0 aliphatic heterocycles. The molecule has 0 spiro atoms. The van der Waals surface area contributed by atoms with E-state index < -0.39 is 10.0 Å². The summed E-state index contributed by atoms with van der Waals surface area (Å²) in [4.78, 5) is 12.3. The summed E-state index contributed by atoms with van der Waals surface area (Å²) in [6, 6.07) is 1.68. The Balaban J connectivity index is 2.63. The number of hydrogen-bond donors (Lipinski definition) is 2. The molecule has 0 fully saturated rings. The van der Waals surface area contributed by atoms with Crippen molar-refractivity contribution in [3.05, 3.63) is 21.9 Å². The maximum absolute atomic E-state index is 11.9. The van der Waals surface area contributed by atoms with Crippen LogP contribution in [0.4, 0.5) is 0 Å². The van der Waals surface area contributed by atoms with Gasteiger partial charge in [0.2, 0.25) is 10.0 Å². The second kappa shape index (κ2) is 7.40. The van der Waals surface area contributed by atoms with E-state index in [4.69, 9.17) is 5.11 Å². The first-order valence-electron chi connectivity index (χ1n) is 5.74. The van der Waals surface area contributed by atoms with E-state index in [0.717, 1.165) is 4.31 Å². The maximum atomic E-state index is 11.9. The van der Waals surface area contributed by atoms with Crippen molar-refractivity contribution in [1.29, 1.82) is 0 Å². The fraction of sp³-hybridized carbons (Fsp3) is 0.417. The van der Waals surface area contributed by atoms with E-state index in [1.54, 1.807) is 11.4 Å². The van der Waals surface area contributed by atoms with Crippen LogP contribution in [0.3, 0.4) is 0 Å². The molecule has 1 heterocycles. The molecule has 1 aromatic rings. The summed E-state index contributed by atoms with van der Waals surface area (Å²) in [5, 5.41) is 12.9. The molecule has 0 aromatic carbocycles. The summed E-state index contributed by atoms with van der Waals surface area (Å²) >= 11 is 1.22. The van der Waals surface area contributed by atoms with Crippen molar-refractivity contribution in [2.24, 2.45) is 0 Å². The summed E-state index contributed by atoms with van der Waals surface area (Å²) in [6.45, 7) is -0.248. The van der Waals surface area contributed by atoms with Crippen molar-refractivity contribution in [2.75, 3.05) is 33.0 Å². The third-order valence-corrected chi connectivity index (χ3v) is 5.12. The fourth-order valence-electron chi connectivity index (χ4n) is 1.27. The van der Waals surface area contributed by atoms with Crippen molar-refractivity contribution in [2.45, 2.75) is 0 Å². The van der Waals surface area contributed by atoms with Crippen LogP contribution in [-0.2, 0) is 10.0 Å². The van der Waals surface area contributed by atoms with E-state index in [1.165, 1.54) is 25.4 Å². The zero-order valence-corrected chi connectivity index (χ0v) is 12.8. The Kier molecular flexibility index (Phi) is 6.16. The number of carbonyl (C=O) groups excluding carboxylic acids is 1. The van der Waals surface area contributed by atoms with Gasteiger partial charge in [0.25, 0.3) is 5.91 Å². The number of nitrogens with zero attached hydrogens (tertiary/aromatic N) is 1. The van der Waals surface area contributed by atoms with E-state index in [-0.39, 0.29) is 24.8 Å². The normalized spacial score (nSPS) is 11.0. The van der Waals surface area contributed by atoms with Crippen LogP contribution >= 0.6 is 11.3 Å². The lowest BCUT2D eigenvalue weighted by molar-refractivity contribution is 0.0960. The second-order valence-electron chi connectivity index (χ2n) is 3.98. The first kappa shape index (κ1) is 16.7. The van der Waals surface area contributed by atoms with Gasteiger partial charge >= 0.3 is 0 Å². The van der Waals surface area contributed by atoms with Crippen LogP contribution in [0.2, 0.25) is 0 Å². The molecule has 0 unspecified atom stereocenters. The highest BCUT2D eigenvalue weighted by Crippen LogP contribution is 2.15. The lowest BCUT2D eigenvalue weighted by Crippen LogP contribution is -2.33. The molecule has 0 saturated heterocycles. The largest absolute Gasteiger partial charge is 0.384 e. The minimum absolute atomic E-state index is 0.0319. The minimum Gasteiger partial charge on any atom is -0.384 e. The summed E-state index contributed by atoms with van der Waals surface area (Å²) < 4.78 is 24.2. The molecule has 0 aliphatic rings. The molecule has 2 N–H and O–H groups in total. The molecular formula is C12H16N2O4S2. The molecule has 6 nitrogen and oxygen atoms in total. The molecule has 110 valence electrons. The lowest BCUT2D eigenvalue weighted by atomic mass is 10.2. The fourth-order valence-corrected chi connectivity index (χ4v) is 2.77. The maximum Gasteiger partial charge on any atom is 0.262 e. The predicted molar refractivity (Wildman–Crippen MR) is 78.1 cm³/mol. The molecule has 0 saturated carbocycles. The Morgan fingerprint density at radius 1 is 1.50 bits per heavy atom. The highest BCUT2D eigenvalue weighted by atomic mass is 32.2. The van der Waals surface area contributed by atoms with Crippen molar-refractivity contribution in [3.8, 4) is 11.8 Å². The number of amides is 1. The molecule has 0 atom stereocenters. The third-order valence-electron chi connectivity index (χ3n) is 2.38. The van der Waals surface area contributed by atoms with E-state index in [2.05, 4.69) is 17.2 Å². The zero-order chi connectivity index (χ0) is 15.2. The van der Waals surface area contributed by atoms with Crippen LogP contribution in [0, 0.1) is 11.8 Å². The highest BCUT2D eigenvalue weighted by Gasteiger charge is 2.16. The predicted octanol–water partition coefficient (Wildman–Crippen LogP) is -0.287. The van der Waals surface area contributed by atoms with Crippen LogP contribution in [0.15, 0.2) is 11.4 Å². The first-order valence-corrected chi connectivity index (χ1v) is 8.23. The van der Waals surface area contributed by atoms with E-state index in [0.29, 0.717) is 10.4 Å². The van der Waals surface area contributed by atoms with Gasteiger partial charge in [-0.1, -0.05) is 11.8 Å². The number of nitrogens with one attached hydrogen (secondary N) is 1. The molecule has 1 aromatic heterocycles. The van der Waals surface area contributed by atoms with E-state index >= 15 is 0 Å². The number of thiophene rings is 1. The Bertz CT molecular complexity index is 623. The minimum atomic E-state index is -3.33. The summed E-state index contributed by atoms with van der Waals surface area (Å²) in [7, 11) is -0.439. The molecule has 0 bridgehead atoms. The Morgan fingerprint density at radius 3 is 2.80 bits per heavy atom. The number of hydrogen-bond acceptors (Lipinski definition) is 5. The molecule has 20 heavy (non-hydrogen) atoms. The van der Waals surface area contributed by atoms with Gasteiger partial charge in [-0.2, -0.15) is 0 Å². The smallest absolute Gasteiger partial charge is 0.262 e. The average Bonchev–Trinajstić information content (AvgIpc) is 2.84. The summed E-state index contributed by atoms with van der Waals surface area (Å²) in [5.41, 5.74) is 0.525. The van der Waals surface area contributed by atoms with Crippen LogP contribution in [0.25, 0.3) is 0 Å². The second-order valence-corrected chi connectivity index (χ2v) is 7.20. The average molecular weight is 316 g/mol. The Hall–Kier alpha value is -1.40. The van der Waals surface area contributed by atoms with Crippen LogP contribution < -0.4 is 5.32 Å². The quantitative estimate of drug-likeness (QED) is 0.731. The monoisotopic (exact) mass is 316 g/mol. The van der Waals surface area contributed by atoms with Crippen molar-refractivity contribution in [3.63, 3.8) is 0 Å². The van der Waals surface area contributed by atoms with Gasteiger partial charge in [0.1, 0.15) is 11.5 Å². The Labute approximate surface area is 122 Å². The third kappa shape index (κ3) is 4.61. The van der Waals surface area contributed by atoms with Gasteiger partial charge in [-0.15, -0.1) is 11.3 Å². The first-order chi connectivity index (χ1) is 9.38. The van der Waals surface area contributed by atoms with E-state index in [9.17, 15) is 13.2 Å². The molecular weight excluding hydrogens is 300 g/mol. The SMILES string of the molecule is CN(C)S(=O)(=O)CCNC(=O)c1sccc1C#CCO. The van der Waals surface area contributed by atoms with Crippen molar-refractivity contribution < 1.29 is 18.3 Å². The van der Waals surface area contributed by atoms with Gasteiger partial charge in [-0.25, -0.2) is 12.7 Å². The zero-order valence-electron chi connectivity index (χ0n) is 11.2. The molecule has 1 amide bonds. The van der Waals surface area contributed by atoms with Gasteiger partial charge in [-0.3, -0.25) is 4.79 Å². The number of aliphatic hydroxyl groups is 1. The number of rotatable bonds is 5. The van der Waals surface area contributed by atoms with E-state index in [1.807, 2.05) is 0 Å². The molecule has 1 rings (SSSR count). The van der Waals surface area contributed by atoms with Gasteiger partial charge in [0.15, 0.2) is 0 Å². The van der Waals surface area contributed by atoms with Gasteiger partial charge in [0, 0.05) is 26.2 Å². The van der Waals surface area contributed by atoms with Crippen LogP contribution in [-0.4, -0.2) is 56.7 Å². The van der Waals surface area contributed by atoms with Crippen LogP contribution in [0.1, 0.15) is 15.2 Å². The lowest BCUT2D eigenvalue weighted by Gasteiger charge is -2.11. The summed E-state index contributed by atoms with van der Waals surface area (Å²) in [5.74, 6) is 4.62. The molecule has 0 aliphatic carbocycles.